The molecule has 1 aliphatic heterocycles. The van der Waals surface area contributed by atoms with E-state index in [1.165, 1.54) is 0 Å². The second kappa shape index (κ2) is 6.34. The van der Waals surface area contributed by atoms with E-state index in [-0.39, 0.29) is 28.9 Å². The summed E-state index contributed by atoms with van der Waals surface area (Å²) in [5.41, 5.74) is 5.38. The maximum absolute atomic E-state index is 13.3. The number of likely N-dealkylation sites (tertiary alicyclic amines) is 1. The topological polar surface area (TPSA) is 95.7 Å². The normalized spacial score (nSPS) is 47.5. The Kier molecular flexibility index (Phi) is 4.19. The van der Waals surface area contributed by atoms with Gasteiger partial charge in [0.2, 0.25) is 5.91 Å². The van der Waals surface area contributed by atoms with Crippen molar-refractivity contribution in [3.63, 3.8) is 0 Å². The van der Waals surface area contributed by atoms with Crippen LogP contribution in [0.3, 0.4) is 0 Å². The summed E-state index contributed by atoms with van der Waals surface area (Å²) in [6.07, 6.45) is 12.4. The lowest BCUT2D eigenvalue weighted by Crippen LogP contribution is -2.69. The van der Waals surface area contributed by atoms with Crippen LogP contribution in [0.2, 0.25) is 0 Å². The fourth-order valence-electron chi connectivity index (χ4n) is 8.30. The van der Waals surface area contributed by atoms with Crippen molar-refractivity contribution in [3.05, 3.63) is 24.3 Å². The summed E-state index contributed by atoms with van der Waals surface area (Å²) in [6.45, 7) is 5.69. The number of hydrogen-bond donors (Lipinski definition) is 3. The van der Waals surface area contributed by atoms with Gasteiger partial charge in [-0.3, -0.25) is 4.79 Å². The van der Waals surface area contributed by atoms with E-state index in [1.807, 2.05) is 4.90 Å². The number of aliphatic hydroxyl groups excluding tert-OH is 1. The predicted octanol–water partition coefficient (Wildman–Crippen LogP) is 2.05. The molecule has 8 atom stereocenters. The number of carbonyl (C=O) groups is 2. The summed E-state index contributed by atoms with van der Waals surface area (Å²) < 4.78 is 0. The standard InChI is InChI=1S/C23H33N3O3/c1-13-20(28)15-8-18-22(13,9-15)14(2)23(18,16-6-4-3-5-7-16)10-19(27)26-11-17(12-26)25-21(24)29/h3-6,13-18,20,28H,7-12H2,1-2H3,(H3,24,25,29). The van der Waals surface area contributed by atoms with Gasteiger partial charge in [0.05, 0.1) is 12.1 Å². The average molecular weight is 400 g/mol. The molecule has 0 aromatic carbocycles. The maximum atomic E-state index is 13.3. The first-order valence-electron chi connectivity index (χ1n) is 11.2. The summed E-state index contributed by atoms with van der Waals surface area (Å²) in [4.78, 5) is 26.2. The van der Waals surface area contributed by atoms with Crippen molar-refractivity contribution in [1.82, 2.24) is 10.2 Å². The van der Waals surface area contributed by atoms with Gasteiger partial charge in [-0.25, -0.2) is 4.79 Å². The Bertz CT molecular complexity index is 788. The first-order chi connectivity index (χ1) is 13.8. The molecule has 4 N–H and O–H groups in total. The molecule has 5 rings (SSSR count). The number of fused-ring (bicyclic) bond motifs is 1. The Hall–Kier alpha value is -1.82. The highest BCUT2D eigenvalue weighted by atomic mass is 16.3. The third-order valence-electron chi connectivity index (χ3n) is 9.62. The molecular formula is C23H33N3O3. The van der Waals surface area contributed by atoms with Gasteiger partial charge in [-0.1, -0.05) is 38.2 Å². The Labute approximate surface area is 172 Å². The van der Waals surface area contributed by atoms with Gasteiger partial charge in [0.1, 0.15) is 0 Å². The molecule has 1 spiro atoms. The van der Waals surface area contributed by atoms with Gasteiger partial charge < -0.3 is 21.1 Å². The summed E-state index contributed by atoms with van der Waals surface area (Å²) in [6, 6.07) is -0.547. The molecule has 4 aliphatic carbocycles. The molecule has 1 heterocycles. The van der Waals surface area contributed by atoms with Crippen LogP contribution in [0.5, 0.6) is 0 Å². The molecule has 158 valence electrons. The first-order valence-corrected chi connectivity index (χ1v) is 11.2. The first kappa shape index (κ1) is 19.2. The van der Waals surface area contributed by atoms with E-state index < -0.39 is 6.03 Å². The molecular weight excluding hydrogens is 366 g/mol. The second-order valence-electron chi connectivity index (χ2n) is 10.3. The van der Waals surface area contributed by atoms with Crippen LogP contribution in [0.25, 0.3) is 0 Å². The largest absolute Gasteiger partial charge is 0.393 e. The van der Waals surface area contributed by atoms with Crippen LogP contribution < -0.4 is 11.1 Å². The zero-order valence-corrected chi connectivity index (χ0v) is 17.4. The number of hydrogen-bond acceptors (Lipinski definition) is 3. The van der Waals surface area contributed by atoms with Crippen LogP contribution in [0.15, 0.2) is 24.3 Å². The lowest BCUT2D eigenvalue weighted by molar-refractivity contribution is -0.240. The van der Waals surface area contributed by atoms with Crippen molar-refractivity contribution in [2.75, 3.05) is 13.1 Å². The van der Waals surface area contributed by atoms with E-state index in [2.05, 4.69) is 43.5 Å². The van der Waals surface area contributed by atoms with Crippen LogP contribution in [-0.4, -0.2) is 47.2 Å². The van der Waals surface area contributed by atoms with E-state index in [0.717, 1.165) is 19.3 Å². The molecule has 0 radical (unpaired) electrons. The van der Waals surface area contributed by atoms with Crippen LogP contribution in [-0.2, 0) is 4.79 Å². The smallest absolute Gasteiger partial charge is 0.312 e. The van der Waals surface area contributed by atoms with Crippen LogP contribution in [0.4, 0.5) is 4.79 Å². The molecule has 6 nitrogen and oxygen atoms in total. The van der Waals surface area contributed by atoms with E-state index in [9.17, 15) is 14.7 Å². The molecule has 5 aliphatic rings. The van der Waals surface area contributed by atoms with E-state index in [0.29, 0.717) is 49.1 Å². The van der Waals surface area contributed by atoms with Gasteiger partial charge in [0.15, 0.2) is 0 Å². The van der Waals surface area contributed by atoms with Gasteiger partial charge in [-0.2, -0.15) is 0 Å². The fourth-order valence-corrected chi connectivity index (χ4v) is 8.30. The third-order valence-corrected chi connectivity index (χ3v) is 9.62. The number of amides is 3. The minimum atomic E-state index is -0.526. The third kappa shape index (κ3) is 2.38. The highest BCUT2D eigenvalue weighted by Gasteiger charge is 2.78. The van der Waals surface area contributed by atoms with Crippen LogP contribution in [0.1, 0.15) is 39.5 Å². The van der Waals surface area contributed by atoms with Crippen molar-refractivity contribution in [2.45, 2.75) is 51.7 Å². The van der Waals surface area contributed by atoms with Gasteiger partial charge in [0.25, 0.3) is 0 Å². The maximum Gasteiger partial charge on any atom is 0.312 e. The van der Waals surface area contributed by atoms with Crippen LogP contribution in [0, 0.1) is 40.4 Å². The number of aliphatic hydroxyl groups is 1. The molecule has 1 saturated heterocycles. The van der Waals surface area contributed by atoms with E-state index in [1.54, 1.807) is 0 Å². The Morgan fingerprint density at radius 1 is 1.28 bits per heavy atom. The van der Waals surface area contributed by atoms with E-state index >= 15 is 0 Å². The number of rotatable bonds is 4. The molecule has 8 unspecified atom stereocenters. The fraction of sp³-hybridized carbons (Fsp3) is 0.739. The second-order valence-corrected chi connectivity index (χ2v) is 10.3. The molecule has 0 aromatic rings. The number of carbonyl (C=O) groups excluding carboxylic acids is 2. The lowest BCUT2D eigenvalue weighted by Gasteiger charge is -2.71. The number of primary amides is 1. The predicted molar refractivity (Wildman–Crippen MR) is 110 cm³/mol. The van der Waals surface area contributed by atoms with Crippen molar-refractivity contribution in [3.8, 4) is 0 Å². The number of urea groups is 1. The van der Waals surface area contributed by atoms with Gasteiger partial charge in [-0.05, 0) is 59.7 Å². The molecule has 6 heteroatoms. The van der Waals surface area contributed by atoms with E-state index in [4.69, 9.17) is 5.73 Å². The minimum Gasteiger partial charge on any atom is -0.393 e. The van der Waals surface area contributed by atoms with Crippen molar-refractivity contribution in [2.24, 2.45) is 46.2 Å². The number of nitrogens with zero attached hydrogens (tertiary/aromatic N) is 1. The average Bonchev–Trinajstić information content (AvgIpc) is 3.16. The van der Waals surface area contributed by atoms with Gasteiger partial charge in [-0.15, -0.1) is 0 Å². The number of nitrogens with one attached hydrogen (secondary N) is 1. The highest BCUT2D eigenvalue weighted by molar-refractivity contribution is 5.79. The molecule has 3 amide bonds. The SMILES string of the molecule is CC1C(O)C2CC3C(CC(=O)N4CC(NC(N)=O)C4)(C4C=CC=CC4)C(C)C13C2. The van der Waals surface area contributed by atoms with Crippen molar-refractivity contribution < 1.29 is 14.7 Å². The zero-order chi connectivity index (χ0) is 20.6. The molecule has 2 bridgehead atoms. The zero-order valence-electron chi connectivity index (χ0n) is 17.4. The van der Waals surface area contributed by atoms with Gasteiger partial charge >= 0.3 is 6.03 Å². The monoisotopic (exact) mass is 399 g/mol. The molecule has 29 heavy (non-hydrogen) atoms. The molecule has 4 fully saturated rings. The van der Waals surface area contributed by atoms with Crippen LogP contribution >= 0.6 is 0 Å². The number of allylic oxidation sites excluding steroid dienone is 4. The highest BCUT2D eigenvalue weighted by Crippen LogP contribution is 2.82. The van der Waals surface area contributed by atoms with Crippen molar-refractivity contribution >= 4 is 11.9 Å². The van der Waals surface area contributed by atoms with Gasteiger partial charge in [0, 0.05) is 19.5 Å². The molecule has 3 saturated carbocycles. The Morgan fingerprint density at radius 2 is 2.03 bits per heavy atom. The summed E-state index contributed by atoms with van der Waals surface area (Å²) in [5, 5.41) is 13.4. The molecule has 0 aromatic heterocycles. The minimum absolute atomic E-state index is 0.0206. The van der Waals surface area contributed by atoms with Crippen molar-refractivity contribution in [1.29, 1.82) is 0 Å². The lowest BCUT2D eigenvalue weighted by atomic mass is 9.33. The number of nitrogens with two attached hydrogens (primary N) is 1. The Balaban J connectivity index is 1.38. The Morgan fingerprint density at radius 3 is 2.66 bits per heavy atom. The summed E-state index contributed by atoms with van der Waals surface area (Å²) in [5.74, 6) is 2.23. The summed E-state index contributed by atoms with van der Waals surface area (Å²) in [7, 11) is 0. The summed E-state index contributed by atoms with van der Waals surface area (Å²) >= 11 is 0. The quantitative estimate of drug-likeness (QED) is 0.675.